The Bertz CT molecular complexity index is 693. The SMILES string of the molecule is CN(C)c1nc(N)nc2c1ncn2[C@@H]1O[C@H](CO)[C@@H](O)C1F. The zero-order valence-corrected chi connectivity index (χ0v) is 12.1. The summed E-state index contributed by atoms with van der Waals surface area (Å²) < 4.78 is 21.0. The Balaban J connectivity index is 2.09. The van der Waals surface area contributed by atoms with Gasteiger partial charge in [-0.15, -0.1) is 0 Å². The van der Waals surface area contributed by atoms with Crippen LogP contribution in [0.15, 0.2) is 6.33 Å². The molecule has 0 saturated carbocycles. The number of aliphatic hydroxyl groups is 2. The molecule has 0 aliphatic carbocycles. The molecule has 0 bridgehead atoms. The van der Waals surface area contributed by atoms with Crippen LogP contribution >= 0.6 is 0 Å². The number of nitrogen functional groups attached to an aromatic ring is 1. The number of halogens is 1. The second-order valence-corrected chi connectivity index (χ2v) is 5.31. The normalized spacial score (nSPS) is 28.4. The lowest BCUT2D eigenvalue weighted by molar-refractivity contribution is -0.0459. The highest BCUT2D eigenvalue weighted by Crippen LogP contribution is 2.34. The topological polar surface area (TPSA) is 123 Å². The number of aromatic nitrogens is 4. The third-order valence-corrected chi connectivity index (χ3v) is 3.59. The van der Waals surface area contributed by atoms with Crippen LogP contribution in [0, 0.1) is 0 Å². The largest absolute Gasteiger partial charge is 0.394 e. The predicted octanol–water partition coefficient (Wildman–Crippen LogP) is -0.937. The summed E-state index contributed by atoms with van der Waals surface area (Å²) >= 11 is 0. The summed E-state index contributed by atoms with van der Waals surface area (Å²) in [6, 6.07) is 0. The van der Waals surface area contributed by atoms with Gasteiger partial charge < -0.3 is 25.6 Å². The summed E-state index contributed by atoms with van der Waals surface area (Å²) in [4.78, 5) is 14.1. The van der Waals surface area contributed by atoms with Gasteiger partial charge in [0.2, 0.25) is 5.95 Å². The lowest BCUT2D eigenvalue weighted by Crippen LogP contribution is -2.30. The average Bonchev–Trinajstić information content (AvgIpc) is 3.00. The van der Waals surface area contributed by atoms with E-state index in [4.69, 9.17) is 15.6 Å². The number of rotatable bonds is 3. The first-order valence-electron chi connectivity index (χ1n) is 6.70. The minimum atomic E-state index is -1.71. The standard InChI is InChI=1S/C12H17FN6O3/c1-18(2)9-7-10(17-12(14)16-9)19(4-15-7)11-6(13)8(21)5(3-20)22-11/h4-6,8,11,20-21H,3H2,1-2H3,(H2,14,16,17)/t5-,6?,8-,11-/m1/s1. The molecule has 1 aliphatic rings. The highest BCUT2D eigenvalue weighted by molar-refractivity contribution is 5.84. The number of anilines is 2. The Morgan fingerprint density at radius 1 is 1.45 bits per heavy atom. The van der Waals surface area contributed by atoms with Crippen molar-refractivity contribution in [2.75, 3.05) is 31.3 Å². The minimum Gasteiger partial charge on any atom is -0.394 e. The summed E-state index contributed by atoms with van der Waals surface area (Å²) in [5.41, 5.74) is 6.43. The predicted molar refractivity (Wildman–Crippen MR) is 76.0 cm³/mol. The third kappa shape index (κ3) is 2.16. The molecule has 4 atom stereocenters. The quantitative estimate of drug-likeness (QED) is 0.664. The maximum Gasteiger partial charge on any atom is 0.224 e. The molecule has 2 aromatic heterocycles. The molecular formula is C12H17FN6O3. The number of hydrogen-bond acceptors (Lipinski definition) is 8. The Morgan fingerprint density at radius 3 is 2.77 bits per heavy atom. The van der Waals surface area contributed by atoms with Gasteiger partial charge in [-0.25, -0.2) is 9.37 Å². The van der Waals surface area contributed by atoms with Crippen molar-refractivity contribution in [3.05, 3.63) is 6.33 Å². The molecule has 0 spiro atoms. The first-order valence-corrected chi connectivity index (χ1v) is 6.70. The van der Waals surface area contributed by atoms with Crippen LogP contribution in [0.1, 0.15) is 6.23 Å². The number of ether oxygens (including phenoxy) is 1. The van der Waals surface area contributed by atoms with Gasteiger partial charge in [-0.2, -0.15) is 9.97 Å². The Hall–Kier alpha value is -2.04. The molecule has 120 valence electrons. The monoisotopic (exact) mass is 312 g/mol. The number of nitrogens with two attached hydrogens (primary N) is 1. The van der Waals surface area contributed by atoms with E-state index in [1.807, 2.05) is 0 Å². The molecule has 2 aromatic rings. The molecule has 0 radical (unpaired) electrons. The van der Waals surface area contributed by atoms with Gasteiger partial charge in [-0.1, -0.05) is 0 Å². The zero-order chi connectivity index (χ0) is 16.0. The summed E-state index contributed by atoms with van der Waals surface area (Å²) in [5.74, 6) is 0.513. The van der Waals surface area contributed by atoms with Crippen molar-refractivity contribution in [3.63, 3.8) is 0 Å². The first kappa shape index (κ1) is 14.9. The fraction of sp³-hybridized carbons (Fsp3) is 0.583. The highest BCUT2D eigenvalue weighted by Gasteiger charge is 2.45. The van der Waals surface area contributed by atoms with E-state index in [1.54, 1.807) is 19.0 Å². The first-order chi connectivity index (χ1) is 10.4. The number of aliphatic hydroxyl groups excluding tert-OH is 2. The fourth-order valence-electron chi connectivity index (χ4n) is 2.49. The van der Waals surface area contributed by atoms with Crippen LogP contribution in [0.25, 0.3) is 11.2 Å². The molecule has 0 aromatic carbocycles. The second kappa shape index (κ2) is 5.30. The molecule has 10 heteroatoms. The van der Waals surface area contributed by atoms with E-state index in [-0.39, 0.29) is 5.95 Å². The molecule has 9 nitrogen and oxygen atoms in total. The molecule has 1 aliphatic heterocycles. The smallest absolute Gasteiger partial charge is 0.224 e. The van der Waals surface area contributed by atoms with Crippen LogP contribution in [0.4, 0.5) is 16.2 Å². The maximum absolute atomic E-state index is 14.2. The van der Waals surface area contributed by atoms with Gasteiger partial charge in [-0.3, -0.25) is 4.57 Å². The Morgan fingerprint density at radius 2 is 2.18 bits per heavy atom. The van der Waals surface area contributed by atoms with Crippen molar-refractivity contribution in [3.8, 4) is 0 Å². The molecule has 22 heavy (non-hydrogen) atoms. The lowest BCUT2D eigenvalue weighted by Gasteiger charge is -2.16. The van der Waals surface area contributed by atoms with Crippen molar-refractivity contribution in [2.24, 2.45) is 0 Å². The van der Waals surface area contributed by atoms with Crippen molar-refractivity contribution >= 4 is 22.9 Å². The van der Waals surface area contributed by atoms with E-state index in [9.17, 15) is 9.50 Å². The van der Waals surface area contributed by atoms with Crippen molar-refractivity contribution in [2.45, 2.75) is 24.6 Å². The van der Waals surface area contributed by atoms with Crippen LogP contribution in [-0.2, 0) is 4.74 Å². The van der Waals surface area contributed by atoms with Gasteiger partial charge >= 0.3 is 0 Å². The van der Waals surface area contributed by atoms with E-state index in [2.05, 4.69) is 15.0 Å². The summed E-state index contributed by atoms with van der Waals surface area (Å²) in [7, 11) is 3.55. The van der Waals surface area contributed by atoms with Gasteiger partial charge in [0.25, 0.3) is 0 Å². The van der Waals surface area contributed by atoms with E-state index >= 15 is 0 Å². The van der Waals surface area contributed by atoms with Crippen LogP contribution in [0.5, 0.6) is 0 Å². The van der Waals surface area contributed by atoms with Crippen LogP contribution in [-0.4, -0.2) is 68.8 Å². The van der Waals surface area contributed by atoms with E-state index in [1.165, 1.54) is 10.9 Å². The van der Waals surface area contributed by atoms with E-state index in [0.717, 1.165) is 0 Å². The van der Waals surface area contributed by atoms with Gasteiger partial charge in [0.1, 0.15) is 12.2 Å². The molecule has 1 saturated heterocycles. The molecule has 1 unspecified atom stereocenters. The molecular weight excluding hydrogens is 295 g/mol. The molecule has 3 rings (SSSR count). The van der Waals surface area contributed by atoms with Gasteiger partial charge in [0, 0.05) is 14.1 Å². The number of nitrogens with zero attached hydrogens (tertiary/aromatic N) is 5. The summed E-state index contributed by atoms with van der Waals surface area (Å²) in [6.07, 6.45) is -3.91. The Kier molecular flexibility index (Phi) is 3.59. The zero-order valence-electron chi connectivity index (χ0n) is 12.1. The van der Waals surface area contributed by atoms with Crippen molar-refractivity contribution in [1.29, 1.82) is 0 Å². The molecule has 4 N–H and O–H groups in total. The van der Waals surface area contributed by atoms with Crippen LogP contribution in [0.3, 0.4) is 0 Å². The third-order valence-electron chi connectivity index (χ3n) is 3.59. The Labute approximate surface area is 125 Å². The fourth-order valence-corrected chi connectivity index (χ4v) is 2.49. The molecule has 0 amide bonds. The molecule has 1 fully saturated rings. The maximum atomic E-state index is 14.2. The van der Waals surface area contributed by atoms with Crippen molar-refractivity contribution in [1.82, 2.24) is 19.5 Å². The van der Waals surface area contributed by atoms with Gasteiger partial charge in [0.05, 0.1) is 12.9 Å². The van der Waals surface area contributed by atoms with Crippen LogP contribution < -0.4 is 10.6 Å². The van der Waals surface area contributed by atoms with Crippen LogP contribution in [0.2, 0.25) is 0 Å². The average molecular weight is 312 g/mol. The van der Waals surface area contributed by atoms with Gasteiger partial charge in [0.15, 0.2) is 29.4 Å². The van der Waals surface area contributed by atoms with E-state index < -0.39 is 31.2 Å². The molecule has 3 heterocycles. The number of hydrogen-bond donors (Lipinski definition) is 3. The van der Waals surface area contributed by atoms with Crippen molar-refractivity contribution < 1.29 is 19.3 Å². The van der Waals surface area contributed by atoms with Gasteiger partial charge in [-0.05, 0) is 0 Å². The summed E-state index contributed by atoms with van der Waals surface area (Å²) in [6.45, 7) is -0.481. The highest BCUT2D eigenvalue weighted by atomic mass is 19.1. The summed E-state index contributed by atoms with van der Waals surface area (Å²) in [5, 5.41) is 18.9. The minimum absolute atomic E-state index is 0.0191. The number of alkyl halides is 1. The second-order valence-electron chi connectivity index (χ2n) is 5.31. The number of imidazole rings is 1. The number of fused-ring (bicyclic) bond motifs is 1. The lowest BCUT2D eigenvalue weighted by atomic mass is 10.1. The van der Waals surface area contributed by atoms with E-state index in [0.29, 0.717) is 17.0 Å².